The summed E-state index contributed by atoms with van der Waals surface area (Å²) < 4.78 is 6.04. The number of nitrogens with zero attached hydrogens (tertiary/aromatic N) is 4. The van der Waals surface area contributed by atoms with Gasteiger partial charge < -0.3 is 15.0 Å². The van der Waals surface area contributed by atoms with Gasteiger partial charge in [-0.15, -0.1) is 0 Å². The monoisotopic (exact) mass is 339 g/mol. The Kier molecular flexibility index (Phi) is 4.56. The number of nitrogens with one attached hydrogen (secondary N) is 1. The van der Waals surface area contributed by atoms with Gasteiger partial charge in [0, 0.05) is 31.7 Å². The summed E-state index contributed by atoms with van der Waals surface area (Å²) in [5.74, 6) is 1.10. The van der Waals surface area contributed by atoms with E-state index in [0.29, 0.717) is 12.5 Å². The normalized spacial score (nSPS) is 25.4. The van der Waals surface area contributed by atoms with Crippen molar-refractivity contribution in [2.24, 2.45) is 5.92 Å². The maximum atomic E-state index is 12.4. The first-order chi connectivity index (χ1) is 12.3. The van der Waals surface area contributed by atoms with Crippen LogP contribution in [0.1, 0.15) is 18.5 Å². The van der Waals surface area contributed by atoms with Gasteiger partial charge in [0.25, 0.3) is 0 Å². The topological polar surface area (TPSA) is 80.2 Å². The number of piperidine rings is 1. The van der Waals surface area contributed by atoms with Gasteiger partial charge in [0.15, 0.2) is 0 Å². The number of rotatable bonds is 4. The highest BCUT2D eigenvalue weighted by Crippen LogP contribution is 2.34. The summed E-state index contributed by atoms with van der Waals surface area (Å²) in [5.41, 5.74) is 0.846. The molecular weight excluding hydrogens is 318 g/mol. The SMILES string of the molecule is O=C(NCc1ccccn1)[C@H]1C[C@@H]2CCN(c3ncccn3)C[C@@H]2O1. The first-order valence-corrected chi connectivity index (χ1v) is 8.64. The van der Waals surface area contributed by atoms with E-state index in [0.717, 1.165) is 37.6 Å². The largest absolute Gasteiger partial charge is 0.363 e. The molecule has 0 bridgehead atoms. The third kappa shape index (κ3) is 3.61. The number of anilines is 1. The standard InChI is InChI=1S/C18H21N5O2/c24-17(22-11-14-4-1-2-6-19-14)15-10-13-5-9-23(12-16(13)25-15)18-20-7-3-8-21-18/h1-4,6-8,13,15-16H,5,9-12H2,(H,22,24)/t13-,15+,16-/m0/s1. The summed E-state index contributed by atoms with van der Waals surface area (Å²) in [6.07, 6.45) is 6.67. The zero-order valence-electron chi connectivity index (χ0n) is 13.9. The Balaban J connectivity index is 1.32. The van der Waals surface area contributed by atoms with E-state index in [1.807, 2.05) is 24.3 Å². The molecule has 4 heterocycles. The molecule has 0 unspecified atom stereocenters. The number of carbonyl (C=O) groups is 1. The number of hydrogen-bond acceptors (Lipinski definition) is 6. The zero-order chi connectivity index (χ0) is 17.1. The van der Waals surface area contributed by atoms with E-state index >= 15 is 0 Å². The third-order valence-corrected chi connectivity index (χ3v) is 4.85. The van der Waals surface area contributed by atoms with Gasteiger partial charge >= 0.3 is 0 Å². The zero-order valence-corrected chi connectivity index (χ0v) is 13.9. The smallest absolute Gasteiger partial charge is 0.249 e. The van der Waals surface area contributed by atoms with Gasteiger partial charge in [0.2, 0.25) is 11.9 Å². The third-order valence-electron chi connectivity index (χ3n) is 4.85. The predicted octanol–water partition coefficient (Wildman–Crippen LogP) is 1.17. The van der Waals surface area contributed by atoms with Crippen LogP contribution in [0.5, 0.6) is 0 Å². The number of aromatic nitrogens is 3. The van der Waals surface area contributed by atoms with Crippen LogP contribution in [0, 0.1) is 5.92 Å². The molecule has 1 amide bonds. The maximum absolute atomic E-state index is 12.4. The molecule has 2 aromatic heterocycles. The van der Waals surface area contributed by atoms with Gasteiger partial charge in [0.1, 0.15) is 6.10 Å². The summed E-state index contributed by atoms with van der Waals surface area (Å²) in [6.45, 7) is 2.06. The molecule has 2 saturated heterocycles. The fraction of sp³-hybridized carbons (Fsp3) is 0.444. The van der Waals surface area contributed by atoms with Crippen LogP contribution >= 0.6 is 0 Å². The van der Waals surface area contributed by atoms with E-state index in [4.69, 9.17) is 4.74 Å². The molecule has 0 aromatic carbocycles. The van der Waals surface area contributed by atoms with Gasteiger partial charge in [-0.1, -0.05) is 6.07 Å². The van der Waals surface area contributed by atoms with E-state index in [1.165, 1.54) is 0 Å². The molecule has 0 saturated carbocycles. The highest BCUT2D eigenvalue weighted by molar-refractivity contribution is 5.81. The number of pyridine rings is 1. The minimum atomic E-state index is -0.379. The summed E-state index contributed by atoms with van der Waals surface area (Å²) in [7, 11) is 0. The Morgan fingerprint density at radius 3 is 2.84 bits per heavy atom. The lowest BCUT2D eigenvalue weighted by Crippen LogP contribution is -2.43. The minimum absolute atomic E-state index is 0.0532. The lowest BCUT2D eigenvalue weighted by molar-refractivity contribution is -0.132. The molecule has 7 nitrogen and oxygen atoms in total. The average molecular weight is 339 g/mol. The van der Waals surface area contributed by atoms with Gasteiger partial charge in [-0.05, 0) is 37.0 Å². The second kappa shape index (κ2) is 7.14. The van der Waals surface area contributed by atoms with Crippen LogP contribution < -0.4 is 10.2 Å². The lowest BCUT2D eigenvalue weighted by atomic mass is 9.92. The molecule has 0 radical (unpaired) electrons. The molecular formula is C18H21N5O2. The van der Waals surface area contributed by atoms with Crippen LogP contribution in [-0.4, -0.2) is 46.2 Å². The predicted molar refractivity (Wildman–Crippen MR) is 91.7 cm³/mol. The van der Waals surface area contributed by atoms with Crippen LogP contribution in [0.15, 0.2) is 42.9 Å². The molecule has 3 atom stereocenters. The van der Waals surface area contributed by atoms with E-state index in [2.05, 4.69) is 25.2 Å². The van der Waals surface area contributed by atoms with Crippen molar-refractivity contribution in [3.8, 4) is 0 Å². The summed E-state index contributed by atoms with van der Waals surface area (Å²) in [4.78, 5) is 27.4. The maximum Gasteiger partial charge on any atom is 0.249 e. The van der Waals surface area contributed by atoms with Crippen molar-refractivity contribution < 1.29 is 9.53 Å². The number of fused-ring (bicyclic) bond motifs is 1. The highest BCUT2D eigenvalue weighted by atomic mass is 16.5. The number of hydrogen-bond donors (Lipinski definition) is 1. The Hall–Kier alpha value is -2.54. The van der Waals surface area contributed by atoms with E-state index in [1.54, 1.807) is 18.6 Å². The number of ether oxygens (including phenoxy) is 1. The summed E-state index contributed by atoms with van der Waals surface area (Å²) >= 11 is 0. The quantitative estimate of drug-likeness (QED) is 0.901. The molecule has 25 heavy (non-hydrogen) atoms. The van der Waals surface area contributed by atoms with Gasteiger partial charge in [-0.2, -0.15) is 0 Å². The average Bonchev–Trinajstić information content (AvgIpc) is 3.11. The van der Waals surface area contributed by atoms with E-state index in [9.17, 15) is 4.79 Å². The number of amides is 1. The molecule has 4 rings (SSSR count). The first-order valence-electron chi connectivity index (χ1n) is 8.64. The molecule has 2 aliphatic heterocycles. The summed E-state index contributed by atoms with van der Waals surface area (Å²) in [6, 6.07) is 7.48. The molecule has 2 fully saturated rings. The second-order valence-corrected chi connectivity index (χ2v) is 6.48. The number of carbonyl (C=O) groups excluding carboxylic acids is 1. The van der Waals surface area contributed by atoms with Crippen molar-refractivity contribution in [2.45, 2.75) is 31.6 Å². The summed E-state index contributed by atoms with van der Waals surface area (Å²) in [5, 5.41) is 2.93. The Morgan fingerprint density at radius 2 is 2.04 bits per heavy atom. The Bertz CT molecular complexity index is 712. The van der Waals surface area contributed by atoms with Crippen LogP contribution in [0.25, 0.3) is 0 Å². The lowest BCUT2D eigenvalue weighted by Gasteiger charge is -2.33. The van der Waals surface area contributed by atoms with Crippen molar-refractivity contribution in [3.63, 3.8) is 0 Å². The second-order valence-electron chi connectivity index (χ2n) is 6.48. The van der Waals surface area contributed by atoms with Crippen molar-refractivity contribution in [3.05, 3.63) is 48.5 Å². The molecule has 7 heteroatoms. The van der Waals surface area contributed by atoms with E-state index in [-0.39, 0.29) is 18.1 Å². The van der Waals surface area contributed by atoms with Gasteiger partial charge in [-0.25, -0.2) is 9.97 Å². The van der Waals surface area contributed by atoms with E-state index < -0.39 is 0 Å². The van der Waals surface area contributed by atoms with Crippen LogP contribution in [0.4, 0.5) is 5.95 Å². The van der Waals surface area contributed by atoms with Crippen LogP contribution in [-0.2, 0) is 16.1 Å². The van der Waals surface area contributed by atoms with Gasteiger partial charge in [0.05, 0.1) is 18.3 Å². The molecule has 1 N–H and O–H groups in total. The highest BCUT2D eigenvalue weighted by Gasteiger charge is 2.42. The Morgan fingerprint density at radius 1 is 1.20 bits per heavy atom. The van der Waals surface area contributed by atoms with Crippen molar-refractivity contribution in [1.29, 1.82) is 0 Å². The van der Waals surface area contributed by atoms with Crippen molar-refractivity contribution >= 4 is 11.9 Å². The fourth-order valence-corrected chi connectivity index (χ4v) is 3.53. The van der Waals surface area contributed by atoms with Gasteiger partial charge in [-0.3, -0.25) is 9.78 Å². The molecule has 130 valence electrons. The van der Waals surface area contributed by atoms with Crippen LogP contribution in [0.3, 0.4) is 0 Å². The Labute approximate surface area is 146 Å². The minimum Gasteiger partial charge on any atom is -0.363 e. The fourth-order valence-electron chi connectivity index (χ4n) is 3.53. The first kappa shape index (κ1) is 16.0. The molecule has 0 aliphatic carbocycles. The molecule has 2 aromatic rings. The molecule has 0 spiro atoms. The van der Waals surface area contributed by atoms with Crippen molar-refractivity contribution in [2.75, 3.05) is 18.0 Å². The van der Waals surface area contributed by atoms with Crippen molar-refractivity contribution in [1.82, 2.24) is 20.3 Å². The van der Waals surface area contributed by atoms with Crippen LogP contribution in [0.2, 0.25) is 0 Å². The molecule has 2 aliphatic rings.